The molecule has 0 radical (unpaired) electrons. The Morgan fingerprint density at radius 3 is 2.65 bits per heavy atom. The minimum absolute atomic E-state index is 0.690. The molecule has 2 fully saturated rings. The fraction of sp³-hybridized carbons (Fsp3) is 1.00. The maximum atomic E-state index is 5.32. The van der Waals surface area contributed by atoms with Crippen molar-refractivity contribution in [2.75, 3.05) is 33.4 Å². The molecule has 0 aromatic rings. The minimum Gasteiger partial charge on any atom is -0.383 e. The number of rotatable bonds is 6. The average Bonchev–Trinajstić information content (AvgIpc) is 2.52. The molecule has 0 amide bonds. The molecule has 0 aromatic heterocycles. The topological polar surface area (TPSA) is 24.5 Å². The molecule has 1 saturated carbocycles. The lowest BCUT2D eigenvalue weighted by Crippen LogP contribution is -2.61. The van der Waals surface area contributed by atoms with Crippen molar-refractivity contribution in [1.29, 1.82) is 0 Å². The summed E-state index contributed by atoms with van der Waals surface area (Å²) in [5.74, 6) is 1.68. The summed E-state index contributed by atoms with van der Waals surface area (Å²) >= 11 is 0. The van der Waals surface area contributed by atoms with Crippen LogP contribution < -0.4 is 5.32 Å². The summed E-state index contributed by atoms with van der Waals surface area (Å²) in [7, 11) is 1.82. The zero-order valence-electron chi connectivity index (χ0n) is 13.7. The van der Waals surface area contributed by atoms with E-state index >= 15 is 0 Å². The molecule has 0 spiro atoms. The Balaban J connectivity index is 1.92. The van der Waals surface area contributed by atoms with Crippen LogP contribution in [-0.4, -0.2) is 50.3 Å². The van der Waals surface area contributed by atoms with Crippen molar-refractivity contribution in [3.05, 3.63) is 0 Å². The third kappa shape index (κ3) is 4.19. The van der Waals surface area contributed by atoms with E-state index in [-0.39, 0.29) is 0 Å². The summed E-state index contributed by atoms with van der Waals surface area (Å²) in [5.41, 5.74) is 0. The Morgan fingerprint density at radius 1 is 1.25 bits per heavy atom. The molecule has 1 aliphatic heterocycles. The van der Waals surface area contributed by atoms with Gasteiger partial charge in [-0.2, -0.15) is 0 Å². The van der Waals surface area contributed by atoms with Crippen molar-refractivity contribution in [2.45, 2.75) is 64.5 Å². The van der Waals surface area contributed by atoms with Crippen LogP contribution in [0.4, 0.5) is 0 Å². The number of hydrogen-bond acceptors (Lipinski definition) is 3. The van der Waals surface area contributed by atoms with Crippen LogP contribution in [0.15, 0.2) is 0 Å². The van der Waals surface area contributed by atoms with Gasteiger partial charge in [0.15, 0.2) is 0 Å². The van der Waals surface area contributed by atoms with E-state index in [0.29, 0.717) is 12.1 Å². The number of methoxy groups -OCH3 is 1. The Hall–Kier alpha value is -0.120. The lowest BCUT2D eigenvalue weighted by Gasteiger charge is -2.46. The molecule has 1 heterocycles. The van der Waals surface area contributed by atoms with Gasteiger partial charge >= 0.3 is 0 Å². The quantitative estimate of drug-likeness (QED) is 0.811. The zero-order valence-corrected chi connectivity index (χ0v) is 13.7. The molecule has 2 aliphatic rings. The Labute approximate surface area is 125 Å². The molecule has 1 saturated heterocycles. The second-order valence-electron chi connectivity index (χ2n) is 6.85. The predicted octanol–water partition coefficient (Wildman–Crippen LogP) is 2.90. The van der Waals surface area contributed by atoms with Gasteiger partial charge in [0.1, 0.15) is 0 Å². The number of piperazine rings is 1. The van der Waals surface area contributed by atoms with Crippen LogP contribution >= 0.6 is 0 Å². The summed E-state index contributed by atoms with van der Waals surface area (Å²) < 4.78 is 5.32. The van der Waals surface area contributed by atoms with Crippen LogP contribution in [0.25, 0.3) is 0 Å². The number of nitrogens with one attached hydrogen (secondary N) is 1. The molecule has 2 rings (SSSR count). The monoisotopic (exact) mass is 282 g/mol. The number of nitrogens with zero attached hydrogens (tertiary/aromatic N) is 1. The van der Waals surface area contributed by atoms with Gasteiger partial charge in [-0.25, -0.2) is 0 Å². The molecule has 0 aromatic carbocycles. The van der Waals surface area contributed by atoms with Crippen LogP contribution in [0.2, 0.25) is 0 Å². The molecule has 118 valence electrons. The summed E-state index contributed by atoms with van der Waals surface area (Å²) in [5, 5.41) is 3.88. The first-order valence-electron chi connectivity index (χ1n) is 8.72. The van der Waals surface area contributed by atoms with E-state index in [2.05, 4.69) is 24.1 Å². The lowest BCUT2D eigenvalue weighted by molar-refractivity contribution is 0.0444. The standard InChI is InChI=1S/C17H34N2O/c1-4-14(2)17-12-18-16(13-19(17)10-11-20-3)15-8-6-5-7-9-15/h14-18H,4-13H2,1-3H3. The first kappa shape index (κ1) is 16.3. The Kier molecular flexibility index (Phi) is 6.79. The number of hydrogen-bond donors (Lipinski definition) is 1. The van der Waals surface area contributed by atoms with Gasteiger partial charge in [0.2, 0.25) is 0 Å². The van der Waals surface area contributed by atoms with E-state index in [0.717, 1.165) is 25.0 Å². The smallest absolute Gasteiger partial charge is 0.0589 e. The van der Waals surface area contributed by atoms with Crippen LogP contribution in [0.5, 0.6) is 0 Å². The number of ether oxygens (including phenoxy) is 1. The maximum absolute atomic E-state index is 5.32. The summed E-state index contributed by atoms with van der Waals surface area (Å²) in [6.45, 7) is 9.06. The van der Waals surface area contributed by atoms with E-state index in [1.165, 1.54) is 51.6 Å². The van der Waals surface area contributed by atoms with Gasteiger partial charge < -0.3 is 10.1 Å². The van der Waals surface area contributed by atoms with Crippen molar-refractivity contribution in [2.24, 2.45) is 11.8 Å². The molecule has 1 aliphatic carbocycles. The van der Waals surface area contributed by atoms with E-state index < -0.39 is 0 Å². The molecule has 3 heteroatoms. The van der Waals surface area contributed by atoms with Gasteiger partial charge in [0.05, 0.1) is 6.61 Å². The minimum atomic E-state index is 0.690. The van der Waals surface area contributed by atoms with Gasteiger partial charge in [-0.05, 0) is 24.7 Å². The molecule has 3 unspecified atom stereocenters. The van der Waals surface area contributed by atoms with Gasteiger partial charge in [0.25, 0.3) is 0 Å². The normalized spacial score (nSPS) is 31.4. The van der Waals surface area contributed by atoms with E-state index in [1.54, 1.807) is 0 Å². The van der Waals surface area contributed by atoms with Crippen molar-refractivity contribution in [3.63, 3.8) is 0 Å². The molecule has 20 heavy (non-hydrogen) atoms. The zero-order chi connectivity index (χ0) is 14.4. The molecule has 1 N–H and O–H groups in total. The van der Waals surface area contributed by atoms with Gasteiger partial charge in [-0.1, -0.05) is 39.5 Å². The third-order valence-electron chi connectivity index (χ3n) is 5.59. The Morgan fingerprint density at radius 2 is 2.00 bits per heavy atom. The highest BCUT2D eigenvalue weighted by atomic mass is 16.5. The van der Waals surface area contributed by atoms with Crippen LogP contribution in [0, 0.1) is 11.8 Å². The van der Waals surface area contributed by atoms with E-state index in [4.69, 9.17) is 4.74 Å². The highest BCUT2D eigenvalue weighted by molar-refractivity contribution is 4.92. The van der Waals surface area contributed by atoms with E-state index in [1.807, 2.05) is 7.11 Å². The molecule has 3 nitrogen and oxygen atoms in total. The first-order valence-corrected chi connectivity index (χ1v) is 8.72. The summed E-state index contributed by atoms with van der Waals surface area (Å²) in [4.78, 5) is 2.70. The summed E-state index contributed by atoms with van der Waals surface area (Å²) in [6, 6.07) is 1.41. The van der Waals surface area contributed by atoms with Gasteiger partial charge in [0, 0.05) is 38.8 Å². The Bertz CT molecular complexity index is 266. The van der Waals surface area contributed by atoms with Gasteiger partial charge in [-0.3, -0.25) is 4.90 Å². The van der Waals surface area contributed by atoms with Crippen molar-refractivity contribution < 1.29 is 4.74 Å². The predicted molar refractivity (Wildman–Crippen MR) is 85.1 cm³/mol. The van der Waals surface area contributed by atoms with Crippen LogP contribution in [0.1, 0.15) is 52.4 Å². The van der Waals surface area contributed by atoms with Crippen LogP contribution in [-0.2, 0) is 4.74 Å². The highest BCUT2D eigenvalue weighted by Crippen LogP contribution is 2.29. The first-order chi connectivity index (χ1) is 9.76. The van der Waals surface area contributed by atoms with Crippen molar-refractivity contribution in [3.8, 4) is 0 Å². The van der Waals surface area contributed by atoms with Gasteiger partial charge in [-0.15, -0.1) is 0 Å². The third-order valence-corrected chi connectivity index (χ3v) is 5.59. The summed E-state index contributed by atoms with van der Waals surface area (Å²) in [6.07, 6.45) is 8.47. The molecular weight excluding hydrogens is 248 g/mol. The maximum Gasteiger partial charge on any atom is 0.0589 e. The second kappa shape index (κ2) is 8.35. The molecular formula is C17H34N2O. The van der Waals surface area contributed by atoms with Crippen LogP contribution in [0.3, 0.4) is 0 Å². The SMILES string of the molecule is CCC(C)C1CNC(C2CCCCC2)CN1CCOC. The van der Waals surface area contributed by atoms with Crippen molar-refractivity contribution >= 4 is 0 Å². The lowest BCUT2D eigenvalue weighted by atomic mass is 9.82. The molecule has 0 bridgehead atoms. The fourth-order valence-corrected chi connectivity index (χ4v) is 4.00. The fourth-order valence-electron chi connectivity index (χ4n) is 4.00. The highest BCUT2D eigenvalue weighted by Gasteiger charge is 2.34. The van der Waals surface area contributed by atoms with Crippen molar-refractivity contribution in [1.82, 2.24) is 10.2 Å². The second-order valence-corrected chi connectivity index (χ2v) is 6.85. The average molecular weight is 282 g/mol. The van der Waals surface area contributed by atoms with E-state index in [9.17, 15) is 0 Å². The largest absolute Gasteiger partial charge is 0.383 e. The molecule has 3 atom stereocenters.